The van der Waals surface area contributed by atoms with E-state index in [0.29, 0.717) is 36.3 Å². The molecule has 9 heteroatoms. The van der Waals surface area contributed by atoms with Gasteiger partial charge >= 0.3 is 5.97 Å². The largest absolute Gasteiger partial charge is 0.477 e. The summed E-state index contributed by atoms with van der Waals surface area (Å²) in [5, 5.41) is 15.5. The molecular formula is C19H23FN4O4. The first-order chi connectivity index (χ1) is 13.5. The molecule has 0 aliphatic carbocycles. The zero-order chi connectivity index (χ0) is 19.8. The van der Waals surface area contributed by atoms with Crippen molar-refractivity contribution in [2.45, 2.75) is 18.9 Å². The smallest absolute Gasteiger partial charge is 0.341 e. The van der Waals surface area contributed by atoms with Crippen molar-refractivity contribution >= 4 is 22.6 Å². The third-order valence-corrected chi connectivity index (χ3v) is 5.57. The Bertz CT molecular complexity index is 963. The van der Waals surface area contributed by atoms with Crippen LogP contribution in [0, 0.1) is 11.7 Å². The van der Waals surface area contributed by atoms with Crippen molar-refractivity contribution in [2.24, 2.45) is 5.92 Å². The lowest BCUT2D eigenvalue weighted by Crippen LogP contribution is -2.40. The van der Waals surface area contributed by atoms with Crippen molar-refractivity contribution in [1.82, 2.24) is 15.6 Å². The number of piperidine rings is 1. The molecule has 1 aromatic heterocycles. The molecule has 2 saturated heterocycles. The van der Waals surface area contributed by atoms with Crippen molar-refractivity contribution in [1.29, 1.82) is 0 Å². The van der Waals surface area contributed by atoms with E-state index in [-0.39, 0.29) is 17.9 Å². The molecule has 2 fully saturated rings. The molecule has 0 unspecified atom stereocenters. The molecule has 0 saturated carbocycles. The second kappa shape index (κ2) is 7.40. The number of carboxylic acid groups (broad SMARTS) is 1. The number of benzene rings is 1. The van der Waals surface area contributed by atoms with Crippen LogP contribution in [0.4, 0.5) is 10.1 Å². The molecule has 2 aliphatic rings. The Hall–Kier alpha value is -2.65. The van der Waals surface area contributed by atoms with E-state index < -0.39 is 22.8 Å². The van der Waals surface area contributed by atoms with Gasteiger partial charge in [0.15, 0.2) is 11.6 Å². The summed E-state index contributed by atoms with van der Waals surface area (Å²) in [6.45, 7) is 2.44. The maximum atomic E-state index is 15.2. The molecule has 1 aromatic carbocycles. The van der Waals surface area contributed by atoms with Gasteiger partial charge in [-0.25, -0.2) is 9.18 Å². The van der Waals surface area contributed by atoms with E-state index in [0.717, 1.165) is 31.6 Å². The molecule has 2 aliphatic heterocycles. The Morgan fingerprint density at radius 1 is 1.46 bits per heavy atom. The minimum absolute atomic E-state index is 0.0398. The van der Waals surface area contributed by atoms with Crippen molar-refractivity contribution in [3.05, 3.63) is 33.9 Å². The Labute approximate surface area is 160 Å². The van der Waals surface area contributed by atoms with Gasteiger partial charge in [0.25, 0.3) is 0 Å². The molecule has 3 heterocycles. The van der Waals surface area contributed by atoms with E-state index in [4.69, 9.17) is 4.74 Å². The molecule has 0 bridgehead atoms. The van der Waals surface area contributed by atoms with Crippen molar-refractivity contribution in [3.8, 4) is 5.75 Å². The number of nitrogens with one attached hydrogen (secondary N) is 3. The number of aromatic amines is 1. The highest BCUT2D eigenvalue weighted by Gasteiger charge is 2.37. The van der Waals surface area contributed by atoms with E-state index in [1.54, 1.807) is 7.05 Å². The minimum atomic E-state index is -1.36. The van der Waals surface area contributed by atoms with Crippen LogP contribution >= 0.6 is 0 Å². The first-order valence-corrected chi connectivity index (χ1v) is 9.38. The predicted molar refractivity (Wildman–Crippen MR) is 103 cm³/mol. The number of hydrogen-bond donors (Lipinski definition) is 4. The number of ether oxygens (including phenoxy) is 1. The van der Waals surface area contributed by atoms with Crippen LogP contribution in [0.3, 0.4) is 0 Å². The molecule has 2 atom stereocenters. The summed E-state index contributed by atoms with van der Waals surface area (Å²) in [7, 11) is 1.70. The summed E-state index contributed by atoms with van der Waals surface area (Å²) in [6, 6.07) is 1.41. The molecule has 4 rings (SSSR count). The average Bonchev–Trinajstić information content (AvgIpc) is 3.09. The van der Waals surface area contributed by atoms with Gasteiger partial charge in [0.2, 0.25) is 5.43 Å². The number of pyridine rings is 1. The number of nitrogens with zero attached hydrogens (tertiary/aromatic N) is 1. The third kappa shape index (κ3) is 3.10. The molecule has 0 spiro atoms. The normalized spacial score (nSPS) is 21.7. The molecule has 28 heavy (non-hydrogen) atoms. The van der Waals surface area contributed by atoms with E-state index in [1.807, 2.05) is 4.90 Å². The van der Waals surface area contributed by atoms with Crippen molar-refractivity contribution in [3.63, 3.8) is 0 Å². The molecular weight excluding hydrogens is 367 g/mol. The zero-order valence-corrected chi connectivity index (χ0v) is 15.5. The Kier molecular flexibility index (Phi) is 4.94. The van der Waals surface area contributed by atoms with Gasteiger partial charge in [-0.2, -0.15) is 0 Å². The van der Waals surface area contributed by atoms with Gasteiger partial charge in [-0.3, -0.25) is 10.1 Å². The van der Waals surface area contributed by atoms with Crippen LogP contribution in [0.1, 0.15) is 23.2 Å². The topological polar surface area (TPSA) is 107 Å². The summed E-state index contributed by atoms with van der Waals surface area (Å²) in [5.41, 5.74) is -0.574. The standard InChI is InChI=1S/C19H23FN4O4/c1-21-9-28-18-15-11(17(25)12(6-23-15)19(26)27)5-13(20)16(18)24-7-10-3-2-4-22-14(10)8-24/h5-6,10,14,21-22H,2-4,7-9H2,1H3,(H,23,25)(H,26,27)/t10-,14+/m0/s1. The lowest BCUT2D eigenvalue weighted by atomic mass is 9.94. The van der Waals surface area contributed by atoms with Gasteiger partial charge in [0.05, 0.1) is 10.9 Å². The van der Waals surface area contributed by atoms with Gasteiger partial charge in [-0.05, 0) is 38.4 Å². The molecule has 4 N–H and O–H groups in total. The van der Waals surface area contributed by atoms with Crippen LogP contribution in [0.2, 0.25) is 0 Å². The van der Waals surface area contributed by atoms with Crippen LogP contribution in [-0.4, -0.2) is 55.5 Å². The van der Waals surface area contributed by atoms with E-state index >= 15 is 4.39 Å². The fourth-order valence-corrected chi connectivity index (χ4v) is 4.26. The number of carbonyl (C=O) groups is 1. The number of rotatable bonds is 5. The second-order valence-corrected chi connectivity index (χ2v) is 7.31. The number of anilines is 1. The van der Waals surface area contributed by atoms with Gasteiger partial charge < -0.3 is 25.0 Å². The summed E-state index contributed by atoms with van der Waals surface area (Å²) in [6.07, 6.45) is 3.32. The van der Waals surface area contributed by atoms with Crippen LogP contribution in [0.5, 0.6) is 5.75 Å². The molecule has 0 radical (unpaired) electrons. The lowest BCUT2D eigenvalue weighted by Gasteiger charge is -2.24. The van der Waals surface area contributed by atoms with Gasteiger partial charge in [0.1, 0.15) is 18.0 Å². The van der Waals surface area contributed by atoms with Crippen molar-refractivity contribution in [2.75, 3.05) is 38.3 Å². The summed E-state index contributed by atoms with van der Waals surface area (Å²) < 4.78 is 21.0. The molecule has 2 aromatic rings. The highest BCUT2D eigenvalue weighted by atomic mass is 19.1. The number of hydrogen-bond acceptors (Lipinski definition) is 6. The first kappa shape index (κ1) is 18.7. The molecule has 150 valence electrons. The van der Waals surface area contributed by atoms with E-state index in [2.05, 4.69) is 15.6 Å². The Morgan fingerprint density at radius 3 is 3.00 bits per heavy atom. The number of halogens is 1. The fourth-order valence-electron chi connectivity index (χ4n) is 4.26. The quantitative estimate of drug-likeness (QED) is 0.567. The lowest BCUT2D eigenvalue weighted by molar-refractivity contribution is 0.0695. The van der Waals surface area contributed by atoms with Crippen molar-refractivity contribution < 1.29 is 19.0 Å². The van der Waals surface area contributed by atoms with Gasteiger partial charge in [0, 0.05) is 25.3 Å². The van der Waals surface area contributed by atoms with Gasteiger partial charge in [-0.1, -0.05) is 0 Å². The van der Waals surface area contributed by atoms with Crippen LogP contribution in [0.25, 0.3) is 10.9 Å². The highest BCUT2D eigenvalue weighted by Crippen LogP contribution is 2.40. The van der Waals surface area contributed by atoms with E-state index in [1.165, 1.54) is 0 Å². The first-order valence-electron chi connectivity index (χ1n) is 9.38. The summed E-state index contributed by atoms with van der Waals surface area (Å²) in [5.74, 6) is -1.29. The predicted octanol–water partition coefficient (Wildman–Crippen LogP) is 1.11. The summed E-state index contributed by atoms with van der Waals surface area (Å²) in [4.78, 5) is 28.6. The zero-order valence-electron chi connectivity index (χ0n) is 15.5. The molecule has 0 amide bonds. The maximum Gasteiger partial charge on any atom is 0.341 e. The fraction of sp³-hybridized carbons (Fsp3) is 0.474. The SMILES string of the molecule is CNCOc1c(N2C[C@@H]3CCCN[C@@H]3C2)c(F)cc2c(=O)c(C(=O)O)c[nH]c12. The van der Waals surface area contributed by atoms with Gasteiger partial charge in [-0.15, -0.1) is 0 Å². The maximum absolute atomic E-state index is 15.2. The Balaban J connectivity index is 1.85. The van der Waals surface area contributed by atoms with Crippen LogP contribution in [-0.2, 0) is 0 Å². The second-order valence-electron chi connectivity index (χ2n) is 7.31. The van der Waals surface area contributed by atoms with Crippen LogP contribution < -0.4 is 25.7 Å². The Morgan fingerprint density at radius 2 is 2.29 bits per heavy atom. The monoisotopic (exact) mass is 390 g/mol. The number of fused-ring (bicyclic) bond motifs is 2. The molecule has 8 nitrogen and oxygen atoms in total. The number of aromatic carboxylic acids is 1. The average molecular weight is 390 g/mol. The van der Waals surface area contributed by atoms with E-state index in [9.17, 15) is 14.7 Å². The minimum Gasteiger partial charge on any atom is -0.477 e. The third-order valence-electron chi connectivity index (χ3n) is 5.57. The number of aromatic nitrogens is 1. The summed E-state index contributed by atoms with van der Waals surface area (Å²) >= 11 is 0. The van der Waals surface area contributed by atoms with Crippen LogP contribution in [0.15, 0.2) is 17.1 Å². The highest BCUT2D eigenvalue weighted by molar-refractivity contribution is 5.96. The number of H-pyrrole nitrogens is 1. The number of carboxylic acids is 1.